The van der Waals surface area contributed by atoms with Crippen LogP contribution in [-0.2, 0) is 0 Å². The number of rotatable bonds is 6. The van der Waals surface area contributed by atoms with Crippen molar-refractivity contribution in [1.82, 2.24) is 5.32 Å². The molecule has 0 heterocycles. The van der Waals surface area contributed by atoms with Crippen LogP contribution in [0.5, 0.6) is 11.5 Å². The number of para-hydroxylation sites is 2. The highest BCUT2D eigenvalue weighted by Crippen LogP contribution is 2.34. The molecule has 0 spiro atoms. The van der Waals surface area contributed by atoms with Gasteiger partial charge in [0, 0.05) is 11.6 Å². The summed E-state index contributed by atoms with van der Waals surface area (Å²) in [6.45, 7) is 6.59. The lowest BCUT2D eigenvalue weighted by atomic mass is 9.98. The Morgan fingerprint density at radius 1 is 0.905 bits per heavy atom. The van der Waals surface area contributed by atoms with Crippen molar-refractivity contribution in [2.45, 2.75) is 39.2 Å². The van der Waals surface area contributed by atoms with Gasteiger partial charge in [0.2, 0.25) is 0 Å². The molecule has 112 valence electrons. The van der Waals surface area contributed by atoms with E-state index in [0.717, 1.165) is 17.9 Å². The summed E-state index contributed by atoms with van der Waals surface area (Å²) in [6.07, 6.45) is 1.11. The van der Waals surface area contributed by atoms with Crippen molar-refractivity contribution >= 4 is 0 Å². The van der Waals surface area contributed by atoms with Gasteiger partial charge < -0.3 is 10.1 Å². The standard InChI is InChI=1S/C19H25NO/c1-5-14(2)16-10-6-8-12-18(16)21-19-13-9-7-11-17(19)15(3)20-4/h6-15,20H,5H2,1-4H3. The maximum absolute atomic E-state index is 6.25. The second kappa shape index (κ2) is 7.28. The summed E-state index contributed by atoms with van der Waals surface area (Å²) >= 11 is 0. The van der Waals surface area contributed by atoms with E-state index >= 15 is 0 Å². The van der Waals surface area contributed by atoms with Crippen molar-refractivity contribution in [3.8, 4) is 11.5 Å². The van der Waals surface area contributed by atoms with Crippen molar-refractivity contribution in [3.05, 3.63) is 59.7 Å². The minimum atomic E-state index is 0.261. The molecule has 0 aromatic heterocycles. The van der Waals surface area contributed by atoms with Crippen LogP contribution in [0.25, 0.3) is 0 Å². The van der Waals surface area contributed by atoms with E-state index in [1.54, 1.807) is 0 Å². The van der Waals surface area contributed by atoms with Crippen molar-refractivity contribution in [3.63, 3.8) is 0 Å². The number of hydrogen-bond donors (Lipinski definition) is 1. The molecule has 2 heteroatoms. The second-order valence-corrected chi connectivity index (χ2v) is 5.50. The molecule has 21 heavy (non-hydrogen) atoms. The molecule has 0 amide bonds. The second-order valence-electron chi connectivity index (χ2n) is 5.50. The van der Waals surface area contributed by atoms with Crippen molar-refractivity contribution < 1.29 is 4.74 Å². The molecule has 2 nitrogen and oxygen atoms in total. The summed E-state index contributed by atoms with van der Waals surface area (Å²) in [5.74, 6) is 2.38. The molecule has 2 unspecified atom stereocenters. The predicted octanol–water partition coefficient (Wildman–Crippen LogP) is 5.27. The lowest BCUT2D eigenvalue weighted by Crippen LogP contribution is -2.13. The van der Waals surface area contributed by atoms with Gasteiger partial charge in [0.25, 0.3) is 0 Å². The van der Waals surface area contributed by atoms with Gasteiger partial charge in [0.1, 0.15) is 11.5 Å². The molecule has 2 atom stereocenters. The van der Waals surface area contributed by atoms with Crippen molar-refractivity contribution in [2.75, 3.05) is 7.05 Å². The zero-order valence-corrected chi connectivity index (χ0v) is 13.4. The average molecular weight is 283 g/mol. The van der Waals surface area contributed by atoms with Crippen LogP contribution in [0, 0.1) is 0 Å². The maximum atomic E-state index is 6.25. The van der Waals surface area contributed by atoms with Gasteiger partial charge in [-0.15, -0.1) is 0 Å². The maximum Gasteiger partial charge on any atom is 0.132 e. The first kappa shape index (κ1) is 15.6. The lowest BCUT2D eigenvalue weighted by molar-refractivity contribution is 0.456. The Labute approximate surface area is 128 Å². The van der Waals surface area contributed by atoms with Crippen LogP contribution in [0.2, 0.25) is 0 Å². The van der Waals surface area contributed by atoms with Gasteiger partial charge in [-0.1, -0.05) is 50.2 Å². The first-order valence-electron chi connectivity index (χ1n) is 7.70. The lowest BCUT2D eigenvalue weighted by Gasteiger charge is -2.19. The minimum Gasteiger partial charge on any atom is -0.457 e. The summed E-state index contributed by atoms with van der Waals surface area (Å²) in [5, 5.41) is 3.28. The van der Waals surface area contributed by atoms with Gasteiger partial charge in [-0.3, -0.25) is 0 Å². The van der Waals surface area contributed by atoms with Crippen LogP contribution in [0.4, 0.5) is 0 Å². The predicted molar refractivity (Wildman–Crippen MR) is 89.1 cm³/mol. The van der Waals surface area contributed by atoms with E-state index in [2.05, 4.69) is 56.4 Å². The first-order chi connectivity index (χ1) is 10.2. The fourth-order valence-corrected chi connectivity index (χ4v) is 2.41. The number of hydrogen-bond acceptors (Lipinski definition) is 2. The van der Waals surface area contributed by atoms with Gasteiger partial charge in [0.15, 0.2) is 0 Å². The number of ether oxygens (including phenoxy) is 1. The zero-order chi connectivity index (χ0) is 15.2. The Bertz CT molecular complexity index is 528. The van der Waals surface area contributed by atoms with Crippen LogP contribution < -0.4 is 10.1 Å². The Morgan fingerprint density at radius 2 is 1.43 bits per heavy atom. The van der Waals surface area contributed by atoms with E-state index < -0.39 is 0 Å². The molecular formula is C19H25NO. The van der Waals surface area contributed by atoms with Crippen LogP contribution in [0.1, 0.15) is 50.3 Å². The molecular weight excluding hydrogens is 258 g/mol. The fraction of sp³-hybridized carbons (Fsp3) is 0.368. The molecule has 0 aliphatic heterocycles. The van der Waals surface area contributed by atoms with Gasteiger partial charge >= 0.3 is 0 Å². The third-order valence-corrected chi connectivity index (χ3v) is 4.10. The molecule has 2 aromatic rings. The SMILES string of the molecule is CCC(C)c1ccccc1Oc1ccccc1C(C)NC. The molecule has 0 fully saturated rings. The first-order valence-corrected chi connectivity index (χ1v) is 7.70. The Morgan fingerprint density at radius 3 is 2.00 bits per heavy atom. The fourth-order valence-electron chi connectivity index (χ4n) is 2.41. The van der Waals surface area contributed by atoms with Crippen molar-refractivity contribution in [2.24, 2.45) is 0 Å². The van der Waals surface area contributed by atoms with E-state index in [4.69, 9.17) is 4.74 Å². The zero-order valence-electron chi connectivity index (χ0n) is 13.4. The van der Waals surface area contributed by atoms with Crippen LogP contribution in [-0.4, -0.2) is 7.05 Å². The van der Waals surface area contributed by atoms with E-state index in [-0.39, 0.29) is 6.04 Å². The molecule has 0 aliphatic rings. The third kappa shape index (κ3) is 3.64. The highest BCUT2D eigenvalue weighted by molar-refractivity contribution is 5.43. The molecule has 0 saturated heterocycles. The molecule has 2 rings (SSSR count). The van der Waals surface area contributed by atoms with Crippen LogP contribution >= 0.6 is 0 Å². The summed E-state index contributed by atoms with van der Waals surface area (Å²) in [5.41, 5.74) is 2.45. The smallest absolute Gasteiger partial charge is 0.132 e. The highest BCUT2D eigenvalue weighted by atomic mass is 16.5. The molecule has 1 N–H and O–H groups in total. The monoisotopic (exact) mass is 283 g/mol. The molecule has 0 bridgehead atoms. The normalized spacial score (nSPS) is 13.7. The summed E-state index contributed by atoms with van der Waals surface area (Å²) in [6, 6.07) is 16.8. The third-order valence-electron chi connectivity index (χ3n) is 4.10. The van der Waals surface area contributed by atoms with E-state index in [1.807, 2.05) is 25.2 Å². The van der Waals surface area contributed by atoms with Crippen LogP contribution in [0.3, 0.4) is 0 Å². The number of benzene rings is 2. The molecule has 0 saturated carbocycles. The largest absolute Gasteiger partial charge is 0.457 e. The summed E-state index contributed by atoms with van der Waals surface area (Å²) in [4.78, 5) is 0. The Kier molecular flexibility index (Phi) is 5.40. The van der Waals surface area contributed by atoms with E-state index in [1.165, 1.54) is 11.1 Å². The van der Waals surface area contributed by atoms with Gasteiger partial charge in [-0.2, -0.15) is 0 Å². The average Bonchev–Trinajstić information content (AvgIpc) is 2.54. The van der Waals surface area contributed by atoms with Crippen molar-refractivity contribution in [1.29, 1.82) is 0 Å². The minimum absolute atomic E-state index is 0.261. The van der Waals surface area contributed by atoms with Crippen LogP contribution in [0.15, 0.2) is 48.5 Å². The Hall–Kier alpha value is -1.80. The summed E-state index contributed by atoms with van der Waals surface area (Å²) in [7, 11) is 1.97. The molecule has 0 radical (unpaired) electrons. The van der Waals surface area contributed by atoms with E-state index in [9.17, 15) is 0 Å². The van der Waals surface area contributed by atoms with Gasteiger partial charge in [-0.05, 0) is 44.0 Å². The van der Waals surface area contributed by atoms with E-state index in [0.29, 0.717) is 5.92 Å². The summed E-state index contributed by atoms with van der Waals surface area (Å²) < 4.78 is 6.25. The molecule has 0 aliphatic carbocycles. The quantitative estimate of drug-likeness (QED) is 0.779. The van der Waals surface area contributed by atoms with Gasteiger partial charge in [0.05, 0.1) is 0 Å². The molecule has 2 aromatic carbocycles. The topological polar surface area (TPSA) is 21.3 Å². The highest BCUT2D eigenvalue weighted by Gasteiger charge is 2.14. The van der Waals surface area contributed by atoms with Gasteiger partial charge in [-0.25, -0.2) is 0 Å². The number of nitrogens with one attached hydrogen (secondary N) is 1. The Balaban J connectivity index is 2.35.